The van der Waals surface area contributed by atoms with Gasteiger partial charge in [-0.15, -0.1) is 0 Å². The van der Waals surface area contributed by atoms with Crippen LogP contribution in [-0.2, 0) is 11.2 Å². The molecule has 1 unspecified atom stereocenters. The molecule has 1 atom stereocenters. The summed E-state index contributed by atoms with van der Waals surface area (Å²) in [6.45, 7) is 1.55. The zero-order chi connectivity index (χ0) is 12.1. The molecule has 0 radical (unpaired) electrons. The number of ether oxygens (including phenoxy) is 1. The number of halogens is 1. The van der Waals surface area contributed by atoms with Crippen molar-refractivity contribution in [2.45, 2.75) is 12.8 Å². The Hall–Kier alpha value is -1.73. The first-order chi connectivity index (χ1) is 8.29. The highest BCUT2D eigenvalue weighted by Gasteiger charge is 2.11. The second kappa shape index (κ2) is 5.55. The van der Waals surface area contributed by atoms with Gasteiger partial charge < -0.3 is 4.74 Å². The zero-order valence-electron chi connectivity index (χ0n) is 9.40. The average Bonchev–Trinajstić information content (AvgIpc) is 2.83. The highest BCUT2D eigenvalue weighted by molar-refractivity contribution is 5.49. The van der Waals surface area contributed by atoms with Crippen LogP contribution in [-0.4, -0.2) is 18.2 Å². The van der Waals surface area contributed by atoms with Crippen molar-refractivity contribution in [3.8, 4) is 6.07 Å². The van der Waals surface area contributed by atoms with Crippen molar-refractivity contribution in [3.05, 3.63) is 35.4 Å². The molecule has 1 saturated heterocycles. The van der Waals surface area contributed by atoms with Crippen LogP contribution in [0.25, 0.3) is 6.08 Å². The van der Waals surface area contributed by atoms with Gasteiger partial charge in [0.1, 0.15) is 0 Å². The first-order valence-electron chi connectivity index (χ1n) is 5.57. The molecule has 1 aromatic heterocycles. The van der Waals surface area contributed by atoms with E-state index in [0.717, 1.165) is 25.2 Å². The first kappa shape index (κ1) is 11.7. The normalized spacial score (nSPS) is 19.6. The summed E-state index contributed by atoms with van der Waals surface area (Å²) in [5.41, 5.74) is 1.17. The first-order valence-corrected chi connectivity index (χ1v) is 5.57. The third kappa shape index (κ3) is 3.11. The predicted molar refractivity (Wildman–Crippen MR) is 61.5 cm³/mol. The third-order valence-electron chi connectivity index (χ3n) is 2.73. The van der Waals surface area contributed by atoms with E-state index in [0.29, 0.717) is 11.5 Å². The predicted octanol–water partition coefficient (Wildman–Crippen LogP) is 2.34. The maximum absolute atomic E-state index is 13.2. The van der Waals surface area contributed by atoms with Crippen LogP contribution in [0.3, 0.4) is 0 Å². The smallest absolute Gasteiger partial charge is 0.217 e. The SMILES string of the molecule is N#CCc1cc(/C=C/C2CCOC2)cnc1F. The van der Waals surface area contributed by atoms with E-state index in [1.807, 2.05) is 12.1 Å². The molecule has 0 amide bonds. The highest BCUT2D eigenvalue weighted by atomic mass is 19.1. The molecular formula is C13H13FN2O. The number of hydrogen-bond donors (Lipinski definition) is 0. The maximum Gasteiger partial charge on any atom is 0.217 e. The van der Waals surface area contributed by atoms with Gasteiger partial charge in [-0.05, 0) is 18.1 Å². The number of pyridine rings is 1. The molecule has 0 spiro atoms. The highest BCUT2D eigenvalue weighted by Crippen LogP contribution is 2.16. The standard InChI is InChI=1S/C13H13FN2O/c14-13-12(3-5-15)7-11(8-16-13)2-1-10-4-6-17-9-10/h1-2,7-8,10H,3-4,6,9H2/b2-1+. The van der Waals surface area contributed by atoms with Crippen LogP contribution < -0.4 is 0 Å². The van der Waals surface area contributed by atoms with Gasteiger partial charge in [0, 0.05) is 24.3 Å². The van der Waals surface area contributed by atoms with Gasteiger partial charge in [0.25, 0.3) is 0 Å². The summed E-state index contributed by atoms with van der Waals surface area (Å²) in [6, 6.07) is 3.59. The molecule has 0 bridgehead atoms. The van der Waals surface area contributed by atoms with Crippen molar-refractivity contribution < 1.29 is 9.13 Å². The van der Waals surface area contributed by atoms with Crippen molar-refractivity contribution in [2.75, 3.05) is 13.2 Å². The second-order valence-corrected chi connectivity index (χ2v) is 4.04. The van der Waals surface area contributed by atoms with E-state index in [2.05, 4.69) is 11.1 Å². The molecule has 1 fully saturated rings. The Morgan fingerprint density at radius 3 is 3.24 bits per heavy atom. The zero-order valence-corrected chi connectivity index (χ0v) is 9.40. The molecule has 0 aromatic carbocycles. The molecule has 88 valence electrons. The molecule has 1 aliphatic rings. The lowest BCUT2D eigenvalue weighted by molar-refractivity contribution is 0.191. The fraction of sp³-hybridized carbons (Fsp3) is 0.385. The van der Waals surface area contributed by atoms with Gasteiger partial charge in [-0.1, -0.05) is 12.2 Å². The number of rotatable bonds is 3. The molecule has 4 heteroatoms. The summed E-state index contributed by atoms with van der Waals surface area (Å²) in [6.07, 6.45) is 6.51. The molecule has 17 heavy (non-hydrogen) atoms. The van der Waals surface area contributed by atoms with Crippen LogP contribution >= 0.6 is 0 Å². The van der Waals surface area contributed by atoms with Gasteiger partial charge in [-0.2, -0.15) is 9.65 Å². The van der Waals surface area contributed by atoms with Crippen LogP contribution in [0.4, 0.5) is 4.39 Å². The van der Waals surface area contributed by atoms with Crippen LogP contribution in [0.2, 0.25) is 0 Å². The Bertz CT molecular complexity index is 459. The summed E-state index contributed by atoms with van der Waals surface area (Å²) < 4.78 is 18.4. The minimum Gasteiger partial charge on any atom is -0.381 e. The number of hydrogen-bond acceptors (Lipinski definition) is 3. The van der Waals surface area contributed by atoms with E-state index in [9.17, 15) is 4.39 Å². The molecule has 3 nitrogen and oxygen atoms in total. The molecule has 1 aromatic rings. The topological polar surface area (TPSA) is 45.9 Å². The molecule has 2 rings (SSSR count). The Kier molecular flexibility index (Phi) is 3.84. The fourth-order valence-electron chi connectivity index (χ4n) is 1.76. The van der Waals surface area contributed by atoms with Gasteiger partial charge in [0.05, 0.1) is 19.1 Å². The van der Waals surface area contributed by atoms with Gasteiger partial charge in [-0.25, -0.2) is 4.98 Å². The molecule has 0 saturated carbocycles. The van der Waals surface area contributed by atoms with E-state index in [-0.39, 0.29) is 6.42 Å². The lowest BCUT2D eigenvalue weighted by Crippen LogP contribution is -1.95. The van der Waals surface area contributed by atoms with Gasteiger partial charge in [0.2, 0.25) is 5.95 Å². The Labute approximate surface area is 99.5 Å². The van der Waals surface area contributed by atoms with Crippen molar-refractivity contribution in [3.63, 3.8) is 0 Å². The summed E-state index contributed by atoms with van der Waals surface area (Å²) in [5, 5.41) is 8.56. The number of nitriles is 1. The lowest BCUT2D eigenvalue weighted by Gasteiger charge is -2.01. The summed E-state index contributed by atoms with van der Waals surface area (Å²) in [4.78, 5) is 3.64. The van der Waals surface area contributed by atoms with Crippen molar-refractivity contribution in [1.82, 2.24) is 4.98 Å². The largest absolute Gasteiger partial charge is 0.381 e. The summed E-state index contributed by atoms with van der Waals surface area (Å²) in [5.74, 6) is -0.132. The number of nitrogens with zero attached hydrogens (tertiary/aromatic N) is 2. The van der Waals surface area contributed by atoms with E-state index in [4.69, 9.17) is 10.00 Å². The van der Waals surface area contributed by atoms with E-state index in [1.165, 1.54) is 6.20 Å². The second-order valence-electron chi connectivity index (χ2n) is 4.04. The Balaban J connectivity index is 2.10. The summed E-state index contributed by atoms with van der Waals surface area (Å²) in [7, 11) is 0. The van der Waals surface area contributed by atoms with E-state index in [1.54, 1.807) is 6.07 Å². The quantitative estimate of drug-likeness (QED) is 0.751. The van der Waals surface area contributed by atoms with E-state index >= 15 is 0 Å². The Morgan fingerprint density at radius 2 is 2.53 bits per heavy atom. The number of aromatic nitrogens is 1. The summed E-state index contributed by atoms with van der Waals surface area (Å²) >= 11 is 0. The monoisotopic (exact) mass is 232 g/mol. The van der Waals surface area contributed by atoms with Crippen molar-refractivity contribution >= 4 is 6.08 Å². The minimum atomic E-state index is -0.562. The molecule has 1 aliphatic heterocycles. The average molecular weight is 232 g/mol. The van der Waals surface area contributed by atoms with Crippen LogP contribution in [0, 0.1) is 23.2 Å². The molecule has 0 aliphatic carbocycles. The third-order valence-corrected chi connectivity index (χ3v) is 2.73. The van der Waals surface area contributed by atoms with Crippen LogP contribution in [0.5, 0.6) is 0 Å². The van der Waals surface area contributed by atoms with Crippen molar-refractivity contribution in [2.24, 2.45) is 5.92 Å². The van der Waals surface area contributed by atoms with Gasteiger partial charge >= 0.3 is 0 Å². The van der Waals surface area contributed by atoms with Crippen molar-refractivity contribution in [1.29, 1.82) is 5.26 Å². The molecule has 0 N–H and O–H groups in total. The minimum absolute atomic E-state index is 0.0487. The van der Waals surface area contributed by atoms with E-state index < -0.39 is 5.95 Å². The molecular weight excluding hydrogens is 219 g/mol. The van der Waals surface area contributed by atoms with Crippen LogP contribution in [0.15, 0.2) is 18.3 Å². The lowest BCUT2D eigenvalue weighted by atomic mass is 10.1. The molecule has 2 heterocycles. The van der Waals surface area contributed by atoms with Gasteiger partial charge in [0.15, 0.2) is 0 Å². The fourth-order valence-corrected chi connectivity index (χ4v) is 1.76. The maximum atomic E-state index is 13.2. The Morgan fingerprint density at radius 1 is 1.65 bits per heavy atom. The van der Waals surface area contributed by atoms with Crippen LogP contribution in [0.1, 0.15) is 17.5 Å². The van der Waals surface area contributed by atoms with Gasteiger partial charge in [-0.3, -0.25) is 0 Å².